The lowest BCUT2D eigenvalue weighted by atomic mass is 9.89. The van der Waals surface area contributed by atoms with Crippen molar-refractivity contribution in [2.24, 2.45) is 0 Å². The number of amides is 1. The minimum atomic E-state index is -3.41. The largest absolute Gasteiger partial charge is 0.350 e. The first kappa shape index (κ1) is 22.3. The van der Waals surface area contributed by atoms with E-state index in [0.717, 1.165) is 24.0 Å². The van der Waals surface area contributed by atoms with Crippen LogP contribution in [0.25, 0.3) is 0 Å². The quantitative estimate of drug-likeness (QED) is 0.682. The van der Waals surface area contributed by atoms with Crippen LogP contribution >= 0.6 is 0 Å². The standard InChI is InChI=1S/C24H32N2O3S/c1-18-9-4-7-12-23(18)26(30(3,28)29)16-8-13-24(27)25-19(2)21-15-14-20-10-5-6-11-22(20)17-21/h4,7,9,12,14-15,17,19H,5-6,8,10-11,13,16H2,1-3H3,(H,25,27). The van der Waals surface area contributed by atoms with E-state index >= 15 is 0 Å². The molecule has 0 aromatic heterocycles. The molecular formula is C24H32N2O3S. The minimum Gasteiger partial charge on any atom is -0.350 e. The summed E-state index contributed by atoms with van der Waals surface area (Å²) in [5.74, 6) is -0.0570. The van der Waals surface area contributed by atoms with Crippen LogP contribution in [0.3, 0.4) is 0 Å². The Morgan fingerprint density at radius 2 is 1.80 bits per heavy atom. The van der Waals surface area contributed by atoms with Crippen molar-refractivity contribution in [3.63, 3.8) is 0 Å². The second-order valence-corrected chi connectivity index (χ2v) is 10.2. The number of nitrogens with zero attached hydrogens (tertiary/aromatic N) is 1. The SMILES string of the molecule is Cc1ccccc1N(CCCC(=O)NC(C)c1ccc2c(c1)CCCC2)S(C)(=O)=O. The number of carbonyl (C=O) groups excluding carboxylic acids is 1. The Morgan fingerprint density at radius 3 is 2.50 bits per heavy atom. The lowest BCUT2D eigenvalue weighted by Gasteiger charge is -2.24. The van der Waals surface area contributed by atoms with E-state index in [9.17, 15) is 13.2 Å². The number of benzene rings is 2. The van der Waals surface area contributed by atoms with Gasteiger partial charge in [-0.2, -0.15) is 0 Å². The van der Waals surface area contributed by atoms with Gasteiger partial charge in [-0.1, -0.05) is 36.4 Å². The number of anilines is 1. The number of hydrogen-bond acceptors (Lipinski definition) is 3. The highest BCUT2D eigenvalue weighted by atomic mass is 32.2. The van der Waals surface area contributed by atoms with Crippen LogP contribution in [0.4, 0.5) is 5.69 Å². The molecule has 5 nitrogen and oxygen atoms in total. The van der Waals surface area contributed by atoms with Gasteiger partial charge < -0.3 is 5.32 Å². The predicted octanol–water partition coefficient (Wildman–Crippen LogP) is 4.30. The highest BCUT2D eigenvalue weighted by molar-refractivity contribution is 7.92. The molecule has 0 aliphatic heterocycles. The van der Waals surface area contributed by atoms with Crippen molar-refractivity contribution in [1.82, 2.24) is 5.32 Å². The van der Waals surface area contributed by atoms with Crippen molar-refractivity contribution in [2.75, 3.05) is 17.1 Å². The number of sulfonamides is 1. The maximum absolute atomic E-state index is 12.5. The van der Waals surface area contributed by atoms with Crippen LogP contribution in [-0.2, 0) is 27.7 Å². The van der Waals surface area contributed by atoms with Crippen molar-refractivity contribution in [3.8, 4) is 0 Å². The van der Waals surface area contributed by atoms with Gasteiger partial charge >= 0.3 is 0 Å². The maximum atomic E-state index is 12.5. The molecule has 0 bridgehead atoms. The van der Waals surface area contributed by atoms with E-state index < -0.39 is 10.0 Å². The molecule has 0 radical (unpaired) electrons. The van der Waals surface area contributed by atoms with E-state index in [1.54, 1.807) is 6.07 Å². The molecule has 3 rings (SSSR count). The summed E-state index contributed by atoms with van der Waals surface area (Å²) in [6.07, 6.45) is 6.70. The molecule has 2 aromatic carbocycles. The van der Waals surface area contributed by atoms with E-state index in [4.69, 9.17) is 0 Å². The number of nitrogens with one attached hydrogen (secondary N) is 1. The Hall–Kier alpha value is -2.34. The highest BCUT2D eigenvalue weighted by Gasteiger charge is 2.19. The summed E-state index contributed by atoms with van der Waals surface area (Å²) in [6.45, 7) is 4.17. The smallest absolute Gasteiger partial charge is 0.232 e. The average Bonchev–Trinajstić information content (AvgIpc) is 2.70. The normalized spacial score (nSPS) is 14.6. The number of hydrogen-bond donors (Lipinski definition) is 1. The molecule has 1 N–H and O–H groups in total. The van der Waals surface area contributed by atoms with Crippen molar-refractivity contribution in [3.05, 3.63) is 64.7 Å². The topological polar surface area (TPSA) is 66.5 Å². The second kappa shape index (κ2) is 9.65. The van der Waals surface area contributed by atoms with E-state index in [1.165, 1.54) is 34.5 Å². The van der Waals surface area contributed by atoms with Crippen LogP contribution in [0.2, 0.25) is 0 Å². The zero-order chi connectivity index (χ0) is 21.7. The molecule has 0 saturated carbocycles. The van der Waals surface area contributed by atoms with Gasteiger partial charge in [0.05, 0.1) is 18.0 Å². The van der Waals surface area contributed by atoms with Gasteiger partial charge in [-0.05, 0) is 74.3 Å². The van der Waals surface area contributed by atoms with Gasteiger partial charge in [-0.25, -0.2) is 8.42 Å². The first-order valence-electron chi connectivity index (χ1n) is 10.7. The van der Waals surface area contributed by atoms with Gasteiger partial charge in [0.1, 0.15) is 0 Å². The van der Waals surface area contributed by atoms with Gasteiger partial charge in [0.25, 0.3) is 0 Å². The van der Waals surface area contributed by atoms with Gasteiger partial charge in [-0.15, -0.1) is 0 Å². The highest BCUT2D eigenvalue weighted by Crippen LogP contribution is 2.25. The molecule has 2 aromatic rings. The van der Waals surface area contributed by atoms with Gasteiger partial charge in [0.2, 0.25) is 15.9 Å². The molecule has 6 heteroatoms. The Kier molecular flexibility index (Phi) is 7.19. The zero-order valence-corrected chi connectivity index (χ0v) is 19.0. The Bertz CT molecular complexity index is 1000. The Balaban J connectivity index is 1.56. The van der Waals surface area contributed by atoms with Crippen LogP contribution in [-0.4, -0.2) is 27.1 Å². The van der Waals surface area contributed by atoms with E-state index in [2.05, 4.69) is 23.5 Å². The minimum absolute atomic E-state index is 0.0570. The maximum Gasteiger partial charge on any atom is 0.232 e. The third-order valence-corrected chi connectivity index (χ3v) is 6.98. The Morgan fingerprint density at radius 1 is 1.10 bits per heavy atom. The molecule has 1 unspecified atom stereocenters. The molecule has 1 amide bonds. The van der Waals surface area contributed by atoms with Gasteiger partial charge in [0, 0.05) is 13.0 Å². The van der Waals surface area contributed by atoms with Gasteiger partial charge in [-0.3, -0.25) is 9.10 Å². The summed E-state index contributed by atoms with van der Waals surface area (Å²) in [6, 6.07) is 13.9. The number of carbonyl (C=O) groups is 1. The van der Waals surface area contributed by atoms with Crippen LogP contribution in [0.1, 0.15) is 60.9 Å². The molecule has 1 aliphatic rings. The van der Waals surface area contributed by atoms with Crippen molar-refractivity contribution < 1.29 is 13.2 Å². The summed E-state index contributed by atoms with van der Waals surface area (Å²) in [4.78, 5) is 12.5. The summed E-state index contributed by atoms with van der Waals surface area (Å²) >= 11 is 0. The third-order valence-electron chi connectivity index (χ3n) is 5.80. The average molecular weight is 429 g/mol. The molecule has 1 aliphatic carbocycles. The van der Waals surface area contributed by atoms with Crippen molar-refractivity contribution in [2.45, 2.75) is 58.4 Å². The van der Waals surface area contributed by atoms with Crippen LogP contribution in [0.5, 0.6) is 0 Å². The first-order valence-corrected chi connectivity index (χ1v) is 12.5. The molecule has 0 saturated heterocycles. The van der Waals surface area contributed by atoms with Crippen molar-refractivity contribution in [1.29, 1.82) is 0 Å². The number of aryl methyl sites for hydroxylation is 3. The lowest BCUT2D eigenvalue weighted by Crippen LogP contribution is -2.33. The summed E-state index contributed by atoms with van der Waals surface area (Å²) in [5.41, 5.74) is 5.53. The molecule has 0 spiro atoms. The van der Waals surface area contributed by atoms with Crippen LogP contribution in [0.15, 0.2) is 42.5 Å². The fourth-order valence-corrected chi connectivity index (χ4v) is 5.13. The fourth-order valence-electron chi connectivity index (χ4n) is 4.11. The fraction of sp³-hybridized carbons (Fsp3) is 0.458. The van der Waals surface area contributed by atoms with Crippen LogP contribution < -0.4 is 9.62 Å². The summed E-state index contributed by atoms with van der Waals surface area (Å²) in [7, 11) is -3.41. The molecule has 0 fully saturated rings. The van der Waals surface area contributed by atoms with Crippen molar-refractivity contribution >= 4 is 21.6 Å². The summed E-state index contributed by atoms with van der Waals surface area (Å²) in [5, 5.41) is 3.06. The third kappa shape index (κ3) is 5.63. The zero-order valence-electron chi connectivity index (χ0n) is 18.1. The molecule has 0 heterocycles. The number of rotatable bonds is 8. The lowest BCUT2D eigenvalue weighted by molar-refractivity contribution is -0.121. The van der Waals surface area contributed by atoms with Crippen LogP contribution in [0, 0.1) is 6.92 Å². The predicted molar refractivity (Wildman–Crippen MR) is 122 cm³/mol. The Labute approximate surface area is 180 Å². The monoisotopic (exact) mass is 428 g/mol. The molecule has 30 heavy (non-hydrogen) atoms. The van der Waals surface area contributed by atoms with E-state index in [1.807, 2.05) is 32.0 Å². The molecule has 162 valence electrons. The first-order chi connectivity index (χ1) is 14.3. The summed E-state index contributed by atoms with van der Waals surface area (Å²) < 4.78 is 25.9. The number of fused-ring (bicyclic) bond motifs is 1. The second-order valence-electron chi connectivity index (χ2n) is 8.25. The van der Waals surface area contributed by atoms with Gasteiger partial charge in [0.15, 0.2) is 0 Å². The molecule has 1 atom stereocenters. The van der Waals surface area contributed by atoms with E-state index in [-0.39, 0.29) is 24.9 Å². The molecular weight excluding hydrogens is 396 g/mol. The van der Waals surface area contributed by atoms with E-state index in [0.29, 0.717) is 12.1 Å². The number of para-hydroxylation sites is 1.